The molecule has 6 heteroatoms. The van der Waals surface area contributed by atoms with Crippen LogP contribution in [0.2, 0.25) is 10.0 Å². The highest BCUT2D eigenvalue weighted by molar-refractivity contribution is 6.35. The summed E-state index contributed by atoms with van der Waals surface area (Å²) in [4.78, 5) is 22.3. The van der Waals surface area contributed by atoms with E-state index < -0.39 is 18.0 Å². The summed E-state index contributed by atoms with van der Waals surface area (Å²) in [5.41, 5.74) is 5.05. The van der Waals surface area contributed by atoms with E-state index in [1.165, 1.54) is 25.1 Å². The van der Waals surface area contributed by atoms with Gasteiger partial charge in [0.1, 0.15) is 0 Å². The van der Waals surface area contributed by atoms with E-state index in [4.69, 9.17) is 33.7 Å². The van der Waals surface area contributed by atoms with Crippen LogP contribution in [0.1, 0.15) is 17.3 Å². The molecule has 0 spiro atoms. The lowest BCUT2D eigenvalue weighted by molar-refractivity contribution is -0.125. The summed E-state index contributed by atoms with van der Waals surface area (Å²) >= 11 is 11.5. The highest BCUT2D eigenvalue weighted by atomic mass is 35.5. The Morgan fingerprint density at radius 2 is 2.00 bits per heavy atom. The summed E-state index contributed by atoms with van der Waals surface area (Å²) in [5, 5.41) is 0.550. The third kappa shape index (κ3) is 3.12. The van der Waals surface area contributed by atoms with Gasteiger partial charge in [0.25, 0.3) is 5.91 Å². The van der Waals surface area contributed by atoms with E-state index >= 15 is 0 Å². The Labute approximate surface area is 102 Å². The van der Waals surface area contributed by atoms with Crippen molar-refractivity contribution in [2.75, 3.05) is 0 Å². The van der Waals surface area contributed by atoms with Gasteiger partial charge >= 0.3 is 5.97 Å². The Balaban J connectivity index is 2.88. The van der Waals surface area contributed by atoms with Crippen LogP contribution in [0.5, 0.6) is 0 Å². The van der Waals surface area contributed by atoms with Crippen LogP contribution in [0.4, 0.5) is 0 Å². The Bertz CT molecular complexity index is 434. The summed E-state index contributed by atoms with van der Waals surface area (Å²) in [6.07, 6.45) is -1.01. The monoisotopic (exact) mass is 261 g/mol. The van der Waals surface area contributed by atoms with E-state index in [1.807, 2.05) is 0 Å². The zero-order chi connectivity index (χ0) is 12.3. The number of halogens is 2. The van der Waals surface area contributed by atoms with Gasteiger partial charge in [-0.3, -0.25) is 4.79 Å². The van der Waals surface area contributed by atoms with Gasteiger partial charge < -0.3 is 10.5 Å². The normalized spacial score (nSPS) is 11.9. The molecule has 86 valence electrons. The largest absolute Gasteiger partial charge is 0.449 e. The average molecular weight is 262 g/mol. The summed E-state index contributed by atoms with van der Waals surface area (Å²) in [5.74, 6) is -1.47. The second-order valence-electron chi connectivity index (χ2n) is 3.07. The Morgan fingerprint density at radius 1 is 1.38 bits per heavy atom. The number of benzene rings is 1. The molecule has 1 atom stereocenters. The fourth-order valence-electron chi connectivity index (χ4n) is 0.936. The molecule has 0 fully saturated rings. The van der Waals surface area contributed by atoms with E-state index in [9.17, 15) is 9.59 Å². The molecule has 0 heterocycles. The zero-order valence-corrected chi connectivity index (χ0v) is 9.88. The van der Waals surface area contributed by atoms with E-state index in [0.717, 1.165) is 0 Å². The van der Waals surface area contributed by atoms with Crippen molar-refractivity contribution in [3.8, 4) is 0 Å². The number of hydrogen-bond donors (Lipinski definition) is 1. The van der Waals surface area contributed by atoms with Crippen LogP contribution in [-0.4, -0.2) is 18.0 Å². The summed E-state index contributed by atoms with van der Waals surface area (Å²) < 4.78 is 4.78. The van der Waals surface area contributed by atoms with Crippen LogP contribution in [-0.2, 0) is 9.53 Å². The quantitative estimate of drug-likeness (QED) is 0.847. The number of rotatable bonds is 3. The van der Waals surface area contributed by atoms with Crippen molar-refractivity contribution in [2.45, 2.75) is 13.0 Å². The van der Waals surface area contributed by atoms with Crippen molar-refractivity contribution >= 4 is 35.1 Å². The minimum Gasteiger partial charge on any atom is -0.449 e. The van der Waals surface area contributed by atoms with Gasteiger partial charge in [-0.05, 0) is 25.1 Å². The molecule has 0 unspecified atom stereocenters. The lowest BCUT2D eigenvalue weighted by atomic mass is 10.2. The predicted molar refractivity (Wildman–Crippen MR) is 60.5 cm³/mol. The first-order valence-electron chi connectivity index (χ1n) is 4.37. The number of carbonyl (C=O) groups excluding carboxylic acids is 2. The highest BCUT2D eigenvalue weighted by Crippen LogP contribution is 2.21. The topological polar surface area (TPSA) is 69.4 Å². The van der Waals surface area contributed by atoms with E-state index in [2.05, 4.69) is 0 Å². The fraction of sp³-hybridized carbons (Fsp3) is 0.200. The average Bonchev–Trinajstić information content (AvgIpc) is 2.21. The zero-order valence-electron chi connectivity index (χ0n) is 8.37. The Morgan fingerprint density at radius 3 is 2.56 bits per heavy atom. The first-order chi connectivity index (χ1) is 7.41. The van der Waals surface area contributed by atoms with Gasteiger partial charge in [-0.15, -0.1) is 0 Å². The molecule has 0 aliphatic carbocycles. The van der Waals surface area contributed by atoms with Gasteiger partial charge in [-0.2, -0.15) is 0 Å². The molecule has 0 aliphatic heterocycles. The molecule has 1 amide bonds. The van der Waals surface area contributed by atoms with E-state index in [-0.39, 0.29) is 10.6 Å². The van der Waals surface area contributed by atoms with Crippen molar-refractivity contribution < 1.29 is 14.3 Å². The minimum absolute atomic E-state index is 0.0993. The molecule has 0 saturated carbocycles. The molecule has 0 radical (unpaired) electrons. The van der Waals surface area contributed by atoms with Gasteiger partial charge in [0, 0.05) is 5.02 Å². The van der Waals surface area contributed by atoms with Gasteiger partial charge in [-0.1, -0.05) is 23.2 Å². The summed E-state index contributed by atoms with van der Waals surface area (Å²) in [7, 11) is 0. The number of ether oxygens (including phenoxy) is 1. The Hall–Kier alpha value is -1.26. The molecule has 1 aromatic rings. The van der Waals surface area contributed by atoms with Gasteiger partial charge in [-0.25, -0.2) is 4.79 Å². The summed E-state index contributed by atoms with van der Waals surface area (Å²) in [6, 6.07) is 4.37. The molecule has 0 aromatic heterocycles. The number of amides is 1. The maximum Gasteiger partial charge on any atom is 0.340 e. The van der Waals surface area contributed by atoms with Crippen LogP contribution in [0.3, 0.4) is 0 Å². The second kappa shape index (κ2) is 5.18. The first kappa shape index (κ1) is 12.8. The van der Waals surface area contributed by atoms with E-state index in [0.29, 0.717) is 5.02 Å². The van der Waals surface area contributed by atoms with Crippen molar-refractivity contribution in [1.29, 1.82) is 0 Å². The molecule has 0 saturated heterocycles. The molecule has 4 nitrogen and oxygen atoms in total. The standard InChI is InChI=1S/C10H9Cl2NO3/c1-5(9(13)14)16-10(15)7-4-6(11)2-3-8(7)12/h2-5H,1H3,(H2,13,14)/t5-/m1/s1. The molecule has 0 bridgehead atoms. The predicted octanol–water partition coefficient (Wildman–Crippen LogP) is 2.02. The van der Waals surface area contributed by atoms with E-state index in [1.54, 1.807) is 0 Å². The maximum atomic E-state index is 11.6. The number of primary amides is 1. The summed E-state index contributed by atoms with van der Waals surface area (Å²) in [6.45, 7) is 1.37. The first-order valence-corrected chi connectivity index (χ1v) is 5.12. The van der Waals surface area contributed by atoms with Crippen LogP contribution in [0.15, 0.2) is 18.2 Å². The second-order valence-corrected chi connectivity index (χ2v) is 3.92. The van der Waals surface area contributed by atoms with Crippen molar-refractivity contribution in [1.82, 2.24) is 0 Å². The molecule has 0 aliphatic rings. The molecule has 1 aromatic carbocycles. The van der Waals surface area contributed by atoms with Gasteiger partial charge in [0.05, 0.1) is 10.6 Å². The molecule has 16 heavy (non-hydrogen) atoms. The fourth-order valence-corrected chi connectivity index (χ4v) is 1.30. The van der Waals surface area contributed by atoms with Crippen LogP contribution >= 0.6 is 23.2 Å². The van der Waals surface area contributed by atoms with Crippen molar-refractivity contribution in [2.24, 2.45) is 5.73 Å². The lowest BCUT2D eigenvalue weighted by Crippen LogP contribution is -2.30. The number of hydrogen-bond acceptors (Lipinski definition) is 3. The number of carbonyl (C=O) groups is 2. The lowest BCUT2D eigenvalue weighted by Gasteiger charge is -2.10. The van der Waals surface area contributed by atoms with Crippen LogP contribution < -0.4 is 5.73 Å². The smallest absolute Gasteiger partial charge is 0.340 e. The minimum atomic E-state index is -1.01. The number of nitrogens with two attached hydrogens (primary N) is 1. The molecular weight excluding hydrogens is 253 g/mol. The molecule has 1 rings (SSSR count). The molecule has 2 N–H and O–H groups in total. The van der Waals surface area contributed by atoms with Crippen LogP contribution in [0, 0.1) is 0 Å². The van der Waals surface area contributed by atoms with Gasteiger partial charge in [0.15, 0.2) is 6.10 Å². The van der Waals surface area contributed by atoms with Gasteiger partial charge in [0.2, 0.25) is 0 Å². The highest BCUT2D eigenvalue weighted by Gasteiger charge is 2.18. The maximum absolute atomic E-state index is 11.6. The third-order valence-electron chi connectivity index (χ3n) is 1.83. The van der Waals surface area contributed by atoms with Crippen molar-refractivity contribution in [3.63, 3.8) is 0 Å². The van der Waals surface area contributed by atoms with Crippen LogP contribution in [0.25, 0.3) is 0 Å². The SMILES string of the molecule is C[C@@H](OC(=O)c1cc(Cl)ccc1Cl)C(N)=O. The van der Waals surface area contributed by atoms with Crippen molar-refractivity contribution in [3.05, 3.63) is 33.8 Å². The molecular formula is C10H9Cl2NO3. The number of esters is 1. The third-order valence-corrected chi connectivity index (χ3v) is 2.40. The Kier molecular flexibility index (Phi) is 4.15.